The maximum Gasteiger partial charge on any atom is 0.146 e. The van der Waals surface area contributed by atoms with E-state index in [1.807, 2.05) is 0 Å². The molecule has 1 rings (SSSR count). The van der Waals surface area contributed by atoms with Gasteiger partial charge in [-0.3, -0.25) is 9.69 Å². The minimum atomic E-state index is 0.235. The van der Waals surface area contributed by atoms with Gasteiger partial charge in [-0.15, -0.1) is 0 Å². The van der Waals surface area contributed by atoms with Gasteiger partial charge in [0.15, 0.2) is 0 Å². The number of Topliss-reactive ketones (excluding diaryl/α,β-unsaturated/α-hetero) is 1. The van der Waals surface area contributed by atoms with Crippen LogP contribution in [0.15, 0.2) is 0 Å². The van der Waals surface area contributed by atoms with E-state index in [0.717, 1.165) is 19.5 Å². The summed E-state index contributed by atoms with van der Waals surface area (Å²) in [7, 11) is 0. The summed E-state index contributed by atoms with van der Waals surface area (Å²) in [5.41, 5.74) is 0. The van der Waals surface area contributed by atoms with Crippen molar-refractivity contribution in [1.29, 1.82) is 0 Å². The summed E-state index contributed by atoms with van der Waals surface area (Å²) in [6.07, 6.45) is 14.5. The van der Waals surface area contributed by atoms with Crippen LogP contribution >= 0.6 is 0 Å². The van der Waals surface area contributed by atoms with Gasteiger partial charge < -0.3 is 0 Å². The van der Waals surface area contributed by atoms with Crippen molar-refractivity contribution >= 4 is 5.78 Å². The number of piperidine rings is 1. The molecule has 0 aromatic carbocycles. The van der Waals surface area contributed by atoms with Crippen molar-refractivity contribution in [2.75, 3.05) is 13.1 Å². The zero-order valence-electron chi connectivity index (χ0n) is 13.1. The molecular weight excluding hydrogens is 234 g/mol. The summed E-state index contributed by atoms with van der Waals surface area (Å²) >= 11 is 0. The summed E-state index contributed by atoms with van der Waals surface area (Å²) < 4.78 is 0. The van der Waals surface area contributed by atoms with Crippen LogP contribution in [0.25, 0.3) is 0 Å². The minimum absolute atomic E-state index is 0.235. The van der Waals surface area contributed by atoms with Crippen LogP contribution in [-0.2, 0) is 4.79 Å². The van der Waals surface area contributed by atoms with E-state index in [2.05, 4.69) is 11.8 Å². The molecule has 19 heavy (non-hydrogen) atoms. The molecule has 0 aromatic rings. The Bertz CT molecular complexity index is 239. The first kappa shape index (κ1) is 16.7. The van der Waals surface area contributed by atoms with E-state index in [0.29, 0.717) is 5.78 Å². The Labute approximate surface area is 119 Å². The molecule has 1 aliphatic rings. The molecule has 0 amide bonds. The van der Waals surface area contributed by atoms with Crippen molar-refractivity contribution in [2.45, 2.75) is 90.5 Å². The summed E-state index contributed by atoms with van der Waals surface area (Å²) in [5.74, 6) is 0.374. The molecule has 0 aliphatic carbocycles. The van der Waals surface area contributed by atoms with Gasteiger partial charge in [-0.25, -0.2) is 0 Å². The Morgan fingerprint density at radius 3 is 2.26 bits per heavy atom. The highest BCUT2D eigenvalue weighted by Gasteiger charge is 2.24. The third-order valence-electron chi connectivity index (χ3n) is 4.38. The molecule has 2 heteroatoms. The SMILES string of the molecule is CCCCCCCCCCN1CCCCC1C(C)=O. The van der Waals surface area contributed by atoms with Gasteiger partial charge >= 0.3 is 0 Å². The molecule has 0 radical (unpaired) electrons. The highest BCUT2D eigenvalue weighted by molar-refractivity contribution is 5.81. The van der Waals surface area contributed by atoms with Crippen LogP contribution in [-0.4, -0.2) is 29.8 Å². The van der Waals surface area contributed by atoms with E-state index in [-0.39, 0.29) is 6.04 Å². The van der Waals surface area contributed by atoms with Gasteiger partial charge in [-0.2, -0.15) is 0 Å². The van der Waals surface area contributed by atoms with E-state index in [1.165, 1.54) is 64.2 Å². The number of ketones is 1. The average molecular weight is 267 g/mol. The molecule has 1 atom stereocenters. The lowest BCUT2D eigenvalue weighted by Gasteiger charge is -2.34. The Morgan fingerprint density at radius 1 is 1.00 bits per heavy atom. The van der Waals surface area contributed by atoms with Crippen LogP contribution in [0.3, 0.4) is 0 Å². The van der Waals surface area contributed by atoms with Crippen molar-refractivity contribution in [2.24, 2.45) is 0 Å². The smallest absolute Gasteiger partial charge is 0.146 e. The van der Waals surface area contributed by atoms with Gasteiger partial charge in [0.1, 0.15) is 5.78 Å². The summed E-state index contributed by atoms with van der Waals surface area (Å²) in [5, 5.41) is 0. The Balaban J connectivity index is 2.02. The van der Waals surface area contributed by atoms with Crippen molar-refractivity contribution in [1.82, 2.24) is 4.90 Å². The van der Waals surface area contributed by atoms with E-state index >= 15 is 0 Å². The fourth-order valence-corrected chi connectivity index (χ4v) is 3.17. The van der Waals surface area contributed by atoms with E-state index < -0.39 is 0 Å². The van der Waals surface area contributed by atoms with Gasteiger partial charge in [0, 0.05) is 0 Å². The second-order valence-electron chi connectivity index (χ2n) is 6.13. The second kappa shape index (κ2) is 10.4. The van der Waals surface area contributed by atoms with Crippen molar-refractivity contribution < 1.29 is 4.79 Å². The van der Waals surface area contributed by atoms with Gasteiger partial charge in [-0.1, -0.05) is 58.3 Å². The van der Waals surface area contributed by atoms with Crippen LogP contribution in [0.2, 0.25) is 0 Å². The number of rotatable bonds is 10. The first-order chi connectivity index (χ1) is 9.25. The maximum absolute atomic E-state index is 11.6. The van der Waals surface area contributed by atoms with E-state index in [9.17, 15) is 4.79 Å². The van der Waals surface area contributed by atoms with Gasteiger partial charge in [0.05, 0.1) is 6.04 Å². The van der Waals surface area contributed by atoms with Crippen LogP contribution < -0.4 is 0 Å². The molecule has 2 nitrogen and oxygen atoms in total. The molecule has 0 N–H and O–H groups in total. The quantitative estimate of drug-likeness (QED) is 0.540. The zero-order valence-corrected chi connectivity index (χ0v) is 13.1. The van der Waals surface area contributed by atoms with Crippen LogP contribution in [0.5, 0.6) is 0 Å². The number of unbranched alkanes of at least 4 members (excludes halogenated alkanes) is 7. The maximum atomic E-state index is 11.6. The van der Waals surface area contributed by atoms with Gasteiger partial charge in [0.25, 0.3) is 0 Å². The predicted octanol–water partition coefficient (Wildman–Crippen LogP) is 4.57. The highest BCUT2D eigenvalue weighted by Crippen LogP contribution is 2.18. The number of hydrogen-bond acceptors (Lipinski definition) is 2. The number of likely N-dealkylation sites (tertiary alicyclic amines) is 1. The third kappa shape index (κ3) is 7.10. The number of hydrogen-bond donors (Lipinski definition) is 0. The average Bonchev–Trinajstić information content (AvgIpc) is 2.42. The monoisotopic (exact) mass is 267 g/mol. The fourth-order valence-electron chi connectivity index (χ4n) is 3.17. The van der Waals surface area contributed by atoms with Gasteiger partial charge in [0.2, 0.25) is 0 Å². The molecule has 1 aliphatic heterocycles. The van der Waals surface area contributed by atoms with E-state index in [4.69, 9.17) is 0 Å². The molecule has 0 saturated carbocycles. The molecular formula is C17H33NO. The highest BCUT2D eigenvalue weighted by atomic mass is 16.1. The largest absolute Gasteiger partial charge is 0.298 e. The standard InChI is InChI=1S/C17H33NO/c1-3-4-5-6-7-8-9-11-14-18-15-12-10-13-17(18)16(2)19/h17H,3-15H2,1-2H3. The lowest BCUT2D eigenvalue weighted by Crippen LogP contribution is -2.44. The fraction of sp³-hybridized carbons (Fsp3) is 0.941. The van der Waals surface area contributed by atoms with Crippen molar-refractivity contribution in [3.05, 3.63) is 0 Å². The topological polar surface area (TPSA) is 20.3 Å². The molecule has 1 saturated heterocycles. The van der Waals surface area contributed by atoms with Crippen molar-refractivity contribution in [3.63, 3.8) is 0 Å². The Kier molecular flexibility index (Phi) is 9.15. The molecule has 0 spiro atoms. The van der Waals surface area contributed by atoms with Crippen molar-refractivity contribution in [3.8, 4) is 0 Å². The Hall–Kier alpha value is -0.370. The summed E-state index contributed by atoms with van der Waals surface area (Å²) in [4.78, 5) is 14.0. The van der Waals surface area contributed by atoms with Crippen LogP contribution in [0.1, 0.15) is 84.5 Å². The molecule has 0 aromatic heterocycles. The lowest BCUT2D eigenvalue weighted by molar-refractivity contribution is -0.123. The summed E-state index contributed by atoms with van der Waals surface area (Å²) in [6, 6.07) is 0.235. The third-order valence-corrected chi connectivity index (χ3v) is 4.38. The predicted molar refractivity (Wildman–Crippen MR) is 82.5 cm³/mol. The number of nitrogens with zero attached hydrogens (tertiary/aromatic N) is 1. The van der Waals surface area contributed by atoms with Crippen LogP contribution in [0.4, 0.5) is 0 Å². The first-order valence-electron chi connectivity index (χ1n) is 8.50. The Morgan fingerprint density at radius 2 is 1.63 bits per heavy atom. The second-order valence-corrected chi connectivity index (χ2v) is 6.13. The number of carbonyl (C=O) groups is 1. The normalized spacial score (nSPS) is 20.6. The van der Waals surface area contributed by atoms with E-state index in [1.54, 1.807) is 6.92 Å². The number of carbonyl (C=O) groups excluding carboxylic acids is 1. The molecule has 1 heterocycles. The van der Waals surface area contributed by atoms with Gasteiger partial charge in [-0.05, 0) is 39.3 Å². The lowest BCUT2D eigenvalue weighted by atomic mass is 9.98. The molecule has 112 valence electrons. The molecule has 0 bridgehead atoms. The first-order valence-corrected chi connectivity index (χ1v) is 8.50. The zero-order chi connectivity index (χ0) is 13.9. The summed E-state index contributed by atoms with van der Waals surface area (Å²) in [6.45, 7) is 6.31. The minimum Gasteiger partial charge on any atom is -0.298 e. The van der Waals surface area contributed by atoms with Crippen LogP contribution in [0, 0.1) is 0 Å². The molecule has 1 unspecified atom stereocenters. The molecule has 1 fully saturated rings.